The van der Waals surface area contributed by atoms with E-state index in [1.807, 2.05) is 54.6 Å². The van der Waals surface area contributed by atoms with E-state index >= 15 is 0 Å². The van der Waals surface area contributed by atoms with Crippen LogP contribution in [0.2, 0.25) is 0 Å². The maximum atomic E-state index is 13.2. The van der Waals surface area contributed by atoms with Gasteiger partial charge < -0.3 is 15.2 Å². The number of aromatic carboxylic acids is 1. The molecule has 0 saturated carbocycles. The second kappa shape index (κ2) is 10.9. The fourth-order valence-corrected chi connectivity index (χ4v) is 4.57. The fraction of sp³-hybridized carbons (Fsp3) is 0.154. The summed E-state index contributed by atoms with van der Waals surface area (Å²) in [7, 11) is 1.59. The van der Waals surface area contributed by atoms with E-state index in [4.69, 9.17) is 4.74 Å². The standard InChI is InChI=1S/C26H23N3O5S/c1-34-21-12-10-17(11-13-21)16-29-23(30)15-22(35-26(29)28-19-7-3-2-4-8-19)24(31)27-20-9-5-6-18(14-20)25(32)33/h2-14,22H,15-16H2,1H3,(H,27,31)(H,32,33). The van der Waals surface area contributed by atoms with Crippen LogP contribution in [0.1, 0.15) is 22.3 Å². The lowest BCUT2D eigenvalue weighted by Gasteiger charge is -2.32. The Bertz CT molecular complexity index is 1260. The number of amides is 2. The number of carbonyl (C=O) groups is 3. The summed E-state index contributed by atoms with van der Waals surface area (Å²) >= 11 is 1.20. The first-order valence-corrected chi connectivity index (χ1v) is 11.7. The molecular weight excluding hydrogens is 466 g/mol. The van der Waals surface area contributed by atoms with Gasteiger partial charge in [0.15, 0.2) is 5.17 Å². The highest BCUT2D eigenvalue weighted by molar-refractivity contribution is 8.15. The number of anilines is 1. The van der Waals surface area contributed by atoms with E-state index in [2.05, 4.69) is 10.3 Å². The third-order valence-corrected chi connectivity index (χ3v) is 6.48. The maximum absolute atomic E-state index is 13.2. The summed E-state index contributed by atoms with van der Waals surface area (Å²) in [6, 6.07) is 22.6. The van der Waals surface area contributed by atoms with Crippen LogP contribution in [0.3, 0.4) is 0 Å². The van der Waals surface area contributed by atoms with Crippen molar-refractivity contribution in [1.82, 2.24) is 4.90 Å². The van der Waals surface area contributed by atoms with E-state index in [0.29, 0.717) is 23.1 Å². The molecule has 2 N–H and O–H groups in total. The first kappa shape index (κ1) is 24.0. The summed E-state index contributed by atoms with van der Waals surface area (Å²) in [6.07, 6.45) is -0.0148. The zero-order valence-electron chi connectivity index (χ0n) is 18.9. The molecule has 1 aliphatic heterocycles. The first-order chi connectivity index (χ1) is 16.9. The van der Waals surface area contributed by atoms with Crippen molar-refractivity contribution in [1.29, 1.82) is 0 Å². The Morgan fingerprint density at radius 3 is 2.51 bits per heavy atom. The maximum Gasteiger partial charge on any atom is 0.335 e. The predicted molar refractivity (Wildman–Crippen MR) is 135 cm³/mol. The van der Waals surface area contributed by atoms with Gasteiger partial charge in [-0.1, -0.05) is 48.2 Å². The van der Waals surface area contributed by atoms with E-state index in [1.165, 1.54) is 23.9 Å². The van der Waals surface area contributed by atoms with Crippen LogP contribution in [0.4, 0.5) is 11.4 Å². The Balaban J connectivity index is 1.57. The number of nitrogens with zero attached hydrogens (tertiary/aromatic N) is 2. The van der Waals surface area contributed by atoms with Crippen molar-refractivity contribution in [3.63, 3.8) is 0 Å². The van der Waals surface area contributed by atoms with Crippen molar-refractivity contribution >= 4 is 46.1 Å². The lowest BCUT2D eigenvalue weighted by atomic mass is 10.1. The lowest BCUT2D eigenvalue weighted by Crippen LogP contribution is -2.44. The van der Waals surface area contributed by atoms with Crippen LogP contribution in [-0.4, -0.2) is 45.3 Å². The van der Waals surface area contributed by atoms with E-state index in [1.54, 1.807) is 24.1 Å². The van der Waals surface area contributed by atoms with Gasteiger partial charge in [0.05, 0.1) is 24.9 Å². The van der Waals surface area contributed by atoms with Crippen LogP contribution in [0.15, 0.2) is 83.9 Å². The minimum absolute atomic E-state index is 0.0148. The third-order valence-electron chi connectivity index (χ3n) is 5.29. The largest absolute Gasteiger partial charge is 0.497 e. The van der Waals surface area contributed by atoms with Crippen molar-refractivity contribution in [2.75, 3.05) is 12.4 Å². The van der Waals surface area contributed by atoms with E-state index in [9.17, 15) is 19.5 Å². The van der Waals surface area contributed by atoms with Gasteiger partial charge in [0, 0.05) is 12.1 Å². The Morgan fingerprint density at radius 2 is 1.83 bits per heavy atom. The Hall–Kier alpha value is -4.11. The lowest BCUT2D eigenvalue weighted by molar-refractivity contribution is -0.129. The molecule has 1 heterocycles. The average Bonchev–Trinajstić information content (AvgIpc) is 2.87. The van der Waals surface area contributed by atoms with Crippen LogP contribution in [0, 0.1) is 0 Å². The van der Waals surface area contributed by atoms with E-state index in [0.717, 1.165) is 11.3 Å². The zero-order chi connectivity index (χ0) is 24.8. The van der Waals surface area contributed by atoms with Crippen molar-refractivity contribution in [2.45, 2.75) is 18.2 Å². The molecule has 0 bridgehead atoms. The zero-order valence-corrected chi connectivity index (χ0v) is 19.7. The topological polar surface area (TPSA) is 108 Å². The molecule has 1 fully saturated rings. The highest BCUT2D eigenvalue weighted by Gasteiger charge is 2.36. The third kappa shape index (κ3) is 6.07. The molecule has 3 aromatic carbocycles. The van der Waals surface area contributed by atoms with Gasteiger partial charge in [-0.15, -0.1) is 0 Å². The highest BCUT2D eigenvalue weighted by Crippen LogP contribution is 2.31. The quantitative estimate of drug-likeness (QED) is 0.504. The molecular formula is C26H23N3O5S. The number of ether oxygens (including phenoxy) is 1. The first-order valence-electron chi connectivity index (χ1n) is 10.8. The summed E-state index contributed by atoms with van der Waals surface area (Å²) in [4.78, 5) is 43.7. The van der Waals surface area contributed by atoms with Crippen molar-refractivity contribution in [3.05, 3.63) is 90.0 Å². The second-order valence-electron chi connectivity index (χ2n) is 7.74. The van der Waals surface area contributed by atoms with Crippen LogP contribution in [0.5, 0.6) is 5.75 Å². The number of amidine groups is 1. The number of carboxylic acids is 1. The molecule has 1 saturated heterocycles. The molecule has 178 valence electrons. The number of nitrogens with one attached hydrogen (secondary N) is 1. The molecule has 0 radical (unpaired) electrons. The van der Waals surface area contributed by atoms with Crippen molar-refractivity contribution in [2.24, 2.45) is 4.99 Å². The Labute approximate surface area is 206 Å². The molecule has 1 atom stereocenters. The summed E-state index contributed by atoms with van der Waals surface area (Å²) in [5, 5.41) is 11.6. The predicted octanol–water partition coefficient (Wildman–Crippen LogP) is 4.55. The normalized spacial score (nSPS) is 16.7. The summed E-state index contributed by atoms with van der Waals surface area (Å²) in [5.74, 6) is -0.991. The minimum atomic E-state index is -1.09. The molecule has 0 aromatic heterocycles. The molecule has 0 aliphatic carbocycles. The van der Waals surface area contributed by atoms with Crippen LogP contribution in [0.25, 0.3) is 0 Å². The molecule has 2 amide bonds. The number of rotatable bonds is 7. The van der Waals surface area contributed by atoms with Gasteiger partial charge in [0.2, 0.25) is 11.8 Å². The number of para-hydroxylation sites is 1. The average molecular weight is 490 g/mol. The van der Waals surface area contributed by atoms with Crippen molar-refractivity contribution in [3.8, 4) is 5.75 Å². The highest BCUT2D eigenvalue weighted by atomic mass is 32.2. The minimum Gasteiger partial charge on any atom is -0.497 e. The molecule has 9 heteroatoms. The Morgan fingerprint density at radius 1 is 1.09 bits per heavy atom. The number of aliphatic imine (C=N–C) groups is 1. The van der Waals surface area contributed by atoms with Crippen LogP contribution in [-0.2, 0) is 16.1 Å². The van der Waals surface area contributed by atoms with Gasteiger partial charge in [0.1, 0.15) is 11.0 Å². The van der Waals surface area contributed by atoms with Gasteiger partial charge in [-0.25, -0.2) is 9.79 Å². The number of hydrogen-bond acceptors (Lipinski definition) is 6. The molecule has 4 rings (SSSR count). The van der Waals surface area contributed by atoms with Gasteiger partial charge >= 0.3 is 5.97 Å². The molecule has 3 aromatic rings. The van der Waals surface area contributed by atoms with Gasteiger partial charge in [-0.05, 0) is 48.0 Å². The van der Waals surface area contributed by atoms with Crippen LogP contribution >= 0.6 is 11.8 Å². The second-order valence-corrected chi connectivity index (χ2v) is 8.91. The summed E-state index contributed by atoms with van der Waals surface area (Å²) in [5.41, 5.74) is 1.98. The molecule has 0 spiro atoms. The van der Waals surface area contributed by atoms with Gasteiger partial charge in [0.25, 0.3) is 0 Å². The number of methoxy groups -OCH3 is 1. The van der Waals surface area contributed by atoms with Crippen molar-refractivity contribution < 1.29 is 24.2 Å². The Kier molecular flexibility index (Phi) is 7.47. The number of thioether (sulfide) groups is 1. The number of carbonyl (C=O) groups excluding carboxylic acids is 2. The fourth-order valence-electron chi connectivity index (χ4n) is 3.48. The van der Waals surface area contributed by atoms with Gasteiger partial charge in [-0.2, -0.15) is 0 Å². The van der Waals surface area contributed by atoms with E-state index in [-0.39, 0.29) is 17.9 Å². The smallest absolute Gasteiger partial charge is 0.335 e. The SMILES string of the molecule is COc1ccc(CN2C(=O)CC(C(=O)Nc3cccc(C(=O)O)c3)SC2=Nc2ccccc2)cc1. The molecule has 35 heavy (non-hydrogen) atoms. The number of benzene rings is 3. The molecule has 8 nitrogen and oxygen atoms in total. The van der Waals surface area contributed by atoms with E-state index < -0.39 is 17.1 Å². The van der Waals surface area contributed by atoms with Crippen LogP contribution < -0.4 is 10.1 Å². The molecule has 1 aliphatic rings. The molecule has 1 unspecified atom stereocenters. The monoisotopic (exact) mass is 489 g/mol. The number of carboxylic acid groups (broad SMARTS) is 1. The number of hydrogen-bond donors (Lipinski definition) is 2. The summed E-state index contributed by atoms with van der Waals surface area (Å²) in [6.45, 7) is 0.302. The van der Waals surface area contributed by atoms with Gasteiger partial charge in [-0.3, -0.25) is 14.5 Å². The summed E-state index contributed by atoms with van der Waals surface area (Å²) < 4.78 is 5.20.